The molecule has 0 aliphatic carbocycles. The van der Waals surface area contributed by atoms with Crippen LogP contribution in [-0.2, 0) is 18.0 Å². The number of hydrogen-bond acceptors (Lipinski definition) is 2. The minimum atomic E-state index is -2.83. The molecule has 3 rings (SSSR count). The summed E-state index contributed by atoms with van der Waals surface area (Å²) in [5.74, 6) is 0.186. The van der Waals surface area contributed by atoms with Crippen LogP contribution in [0.4, 0.5) is 8.78 Å². The maximum absolute atomic E-state index is 12.5. The number of para-hydroxylation sites is 1. The van der Waals surface area contributed by atoms with Gasteiger partial charge in [-0.05, 0) is 22.8 Å². The van der Waals surface area contributed by atoms with E-state index in [4.69, 9.17) is 4.74 Å². The summed E-state index contributed by atoms with van der Waals surface area (Å²) < 4.78 is 35.0. The average Bonchev–Trinajstić information content (AvgIpc) is 2.94. The van der Waals surface area contributed by atoms with Crippen molar-refractivity contribution in [3.63, 3.8) is 0 Å². The van der Waals surface area contributed by atoms with E-state index >= 15 is 0 Å². The SMILES string of the molecule is FC(F)Oc1ccccc1C(Br)c1ccc2c(c1)COC2. The van der Waals surface area contributed by atoms with E-state index in [0.717, 1.165) is 11.1 Å². The van der Waals surface area contributed by atoms with Gasteiger partial charge < -0.3 is 9.47 Å². The maximum Gasteiger partial charge on any atom is 0.387 e. The molecule has 2 nitrogen and oxygen atoms in total. The standard InChI is InChI=1S/C16H13BrF2O2/c17-15(10-5-6-11-8-20-9-12(11)7-10)13-3-1-2-4-14(13)21-16(18)19/h1-7,15-16H,8-9H2. The first kappa shape index (κ1) is 14.5. The first-order valence-corrected chi connectivity index (χ1v) is 7.44. The van der Waals surface area contributed by atoms with Crippen molar-refractivity contribution in [2.24, 2.45) is 0 Å². The Kier molecular flexibility index (Phi) is 4.22. The van der Waals surface area contributed by atoms with Crippen molar-refractivity contribution >= 4 is 15.9 Å². The monoisotopic (exact) mass is 354 g/mol. The normalized spacial score (nSPS) is 15.0. The van der Waals surface area contributed by atoms with E-state index in [2.05, 4.69) is 20.7 Å². The first-order chi connectivity index (χ1) is 10.1. The highest BCUT2D eigenvalue weighted by Gasteiger charge is 2.19. The molecule has 21 heavy (non-hydrogen) atoms. The predicted octanol–water partition coefficient (Wildman–Crippen LogP) is 4.80. The minimum absolute atomic E-state index is 0.186. The minimum Gasteiger partial charge on any atom is -0.434 e. The summed E-state index contributed by atoms with van der Waals surface area (Å²) in [6.07, 6.45) is 0. The number of benzene rings is 2. The van der Waals surface area contributed by atoms with E-state index in [1.165, 1.54) is 5.56 Å². The van der Waals surface area contributed by atoms with Gasteiger partial charge >= 0.3 is 6.61 Å². The molecule has 0 bridgehead atoms. The third kappa shape index (κ3) is 3.09. The van der Waals surface area contributed by atoms with Crippen molar-refractivity contribution in [3.05, 3.63) is 64.7 Å². The van der Waals surface area contributed by atoms with E-state index in [1.54, 1.807) is 24.3 Å². The molecule has 2 aromatic carbocycles. The molecule has 1 atom stereocenters. The van der Waals surface area contributed by atoms with Gasteiger partial charge in [0.15, 0.2) is 0 Å². The van der Waals surface area contributed by atoms with Crippen LogP contribution in [0.2, 0.25) is 0 Å². The molecule has 1 heterocycles. The van der Waals surface area contributed by atoms with Gasteiger partial charge in [0.05, 0.1) is 18.0 Å². The molecular formula is C16H13BrF2O2. The van der Waals surface area contributed by atoms with Crippen LogP contribution in [0, 0.1) is 0 Å². The van der Waals surface area contributed by atoms with Gasteiger partial charge in [-0.3, -0.25) is 0 Å². The van der Waals surface area contributed by atoms with Gasteiger partial charge in [0, 0.05) is 5.56 Å². The van der Waals surface area contributed by atoms with Crippen LogP contribution >= 0.6 is 15.9 Å². The Morgan fingerprint density at radius 1 is 1.05 bits per heavy atom. The number of rotatable bonds is 4. The van der Waals surface area contributed by atoms with Gasteiger partial charge in [-0.25, -0.2) is 0 Å². The molecule has 0 fully saturated rings. The van der Waals surface area contributed by atoms with Crippen LogP contribution in [0.15, 0.2) is 42.5 Å². The summed E-state index contributed by atoms with van der Waals surface area (Å²) in [5.41, 5.74) is 3.99. The largest absolute Gasteiger partial charge is 0.434 e. The highest BCUT2D eigenvalue weighted by Crippen LogP contribution is 2.38. The number of halogens is 3. The highest BCUT2D eigenvalue weighted by atomic mass is 79.9. The zero-order valence-corrected chi connectivity index (χ0v) is 12.6. The molecule has 1 aliphatic rings. The summed E-state index contributed by atoms with van der Waals surface area (Å²) >= 11 is 3.58. The van der Waals surface area contributed by atoms with Crippen molar-refractivity contribution < 1.29 is 18.3 Å². The Morgan fingerprint density at radius 2 is 1.81 bits per heavy atom. The van der Waals surface area contributed by atoms with Gasteiger partial charge in [0.1, 0.15) is 5.75 Å². The molecular weight excluding hydrogens is 342 g/mol. The number of alkyl halides is 3. The van der Waals surface area contributed by atoms with Crippen molar-refractivity contribution in [1.82, 2.24) is 0 Å². The Morgan fingerprint density at radius 3 is 2.62 bits per heavy atom. The smallest absolute Gasteiger partial charge is 0.387 e. The van der Waals surface area contributed by atoms with E-state index in [9.17, 15) is 8.78 Å². The molecule has 0 N–H and O–H groups in total. The molecule has 0 saturated heterocycles. The molecule has 0 saturated carbocycles. The lowest BCUT2D eigenvalue weighted by Crippen LogP contribution is -2.05. The van der Waals surface area contributed by atoms with Crippen LogP contribution in [0.1, 0.15) is 27.1 Å². The van der Waals surface area contributed by atoms with Gasteiger partial charge in [-0.1, -0.05) is 52.3 Å². The first-order valence-electron chi connectivity index (χ1n) is 6.52. The van der Waals surface area contributed by atoms with Gasteiger partial charge in [-0.2, -0.15) is 8.78 Å². The van der Waals surface area contributed by atoms with E-state index < -0.39 is 6.61 Å². The fraction of sp³-hybridized carbons (Fsp3) is 0.250. The summed E-state index contributed by atoms with van der Waals surface area (Å²) in [4.78, 5) is -0.210. The van der Waals surface area contributed by atoms with Gasteiger partial charge in [0.2, 0.25) is 0 Å². The second-order valence-electron chi connectivity index (χ2n) is 4.80. The number of fused-ring (bicyclic) bond motifs is 1. The van der Waals surface area contributed by atoms with Crippen LogP contribution < -0.4 is 4.74 Å². The molecule has 0 radical (unpaired) electrons. The van der Waals surface area contributed by atoms with Crippen molar-refractivity contribution in [1.29, 1.82) is 0 Å². The lowest BCUT2D eigenvalue weighted by Gasteiger charge is -2.16. The average molecular weight is 355 g/mol. The fourth-order valence-electron chi connectivity index (χ4n) is 2.42. The molecule has 110 valence electrons. The Hall–Kier alpha value is -1.46. The third-order valence-corrected chi connectivity index (χ3v) is 4.47. The number of ether oxygens (including phenoxy) is 2. The third-order valence-electron chi connectivity index (χ3n) is 3.45. The van der Waals surface area contributed by atoms with Crippen LogP contribution in [0.5, 0.6) is 5.75 Å². The zero-order chi connectivity index (χ0) is 14.8. The molecule has 0 amide bonds. The lowest BCUT2D eigenvalue weighted by atomic mass is 10.00. The van der Waals surface area contributed by atoms with Crippen molar-refractivity contribution in [3.8, 4) is 5.75 Å². The van der Waals surface area contributed by atoms with Crippen LogP contribution in [0.25, 0.3) is 0 Å². The molecule has 1 unspecified atom stereocenters. The molecule has 2 aromatic rings. The van der Waals surface area contributed by atoms with Crippen molar-refractivity contribution in [2.75, 3.05) is 0 Å². The predicted molar refractivity (Wildman–Crippen MR) is 78.8 cm³/mol. The lowest BCUT2D eigenvalue weighted by molar-refractivity contribution is -0.0503. The number of hydrogen-bond donors (Lipinski definition) is 0. The summed E-state index contributed by atoms with van der Waals surface area (Å²) in [6.45, 7) is -1.61. The molecule has 5 heteroatoms. The summed E-state index contributed by atoms with van der Waals surface area (Å²) in [7, 11) is 0. The topological polar surface area (TPSA) is 18.5 Å². The van der Waals surface area contributed by atoms with E-state index in [1.807, 2.05) is 18.2 Å². The molecule has 1 aliphatic heterocycles. The Balaban J connectivity index is 1.93. The zero-order valence-electron chi connectivity index (χ0n) is 11.1. The van der Waals surface area contributed by atoms with Crippen molar-refractivity contribution in [2.45, 2.75) is 24.7 Å². The fourth-order valence-corrected chi connectivity index (χ4v) is 3.09. The van der Waals surface area contributed by atoms with Gasteiger partial charge in [-0.15, -0.1) is 0 Å². The van der Waals surface area contributed by atoms with Gasteiger partial charge in [0.25, 0.3) is 0 Å². The second-order valence-corrected chi connectivity index (χ2v) is 5.72. The summed E-state index contributed by atoms with van der Waals surface area (Å²) in [5, 5.41) is 0. The van der Waals surface area contributed by atoms with E-state index in [0.29, 0.717) is 18.8 Å². The highest BCUT2D eigenvalue weighted by molar-refractivity contribution is 9.09. The maximum atomic E-state index is 12.5. The van der Waals surface area contributed by atoms with E-state index in [-0.39, 0.29) is 10.6 Å². The Bertz CT molecular complexity index is 646. The quantitative estimate of drug-likeness (QED) is 0.734. The molecule has 0 aromatic heterocycles. The molecule has 0 spiro atoms. The van der Waals surface area contributed by atoms with Crippen LogP contribution in [0.3, 0.4) is 0 Å². The summed E-state index contributed by atoms with van der Waals surface area (Å²) in [6, 6.07) is 12.8. The van der Waals surface area contributed by atoms with Crippen LogP contribution in [-0.4, -0.2) is 6.61 Å². The second kappa shape index (κ2) is 6.12. The Labute approximate surface area is 129 Å².